The molecule has 0 spiro atoms. The van der Waals surface area contributed by atoms with E-state index in [1.807, 2.05) is 0 Å². The molecule has 0 saturated carbocycles. The van der Waals surface area contributed by atoms with Crippen molar-refractivity contribution in [3.8, 4) is 28.2 Å². The molecule has 11 aromatic carbocycles. The van der Waals surface area contributed by atoms with E-state index < -0.39 is 8.07 Å². The monoisotopic (exact) mass is 907 g/mol. The third-order valence-corrected chi connectivity index (χ3v) is 19.6. The Kier molecular flexibility index (Phi) is 9.23. The number of para-hydroxylation sites is 3. The average Bonchev–Trinajstić information content (AvgIpc) is 4.07. The Bertz CT molecular complexity index is 4110. The van der Waals surface area contributed by atoms with Crippen LogP contribution in [0.25, 0.3) is 93.6 Å². The summed E-state index contributed by atoms with van der Waals surface area (Å²) in [5.41, 5.74) is 12.9. The summed E-state index contributed by atoms with van der Waals surface area (Å²) in [6.07, 6.45) is 0. The Hall–Kier alpha value is -8.96. The minimum Gasteiger partial charge on any atom is -0.309 e. The van der Waals surface area contributed by atoms with Crippen LogP contribution < -0.4 is 20.7 Å². The standard InChI is InChI=1S/C66H45N3Si/c1-5-19-46(20-6-1)47-33-35-48(36-34-47)67-65-43-49(68-61-30-16-13-27-55(61)56-28-14-17-31-62(56)68)37-40-58(65)59-41-38-50(44-66(59)67)69-63-32-18-15-29-57(63)60-45-54(39-42-64(60)69)70(51-21-7-2-8-22-51,52-23-9-3-10-24-52)53-25-11-4-12-26-53/h1-45H. The summed E-state index contributed by atoms with van der Waals surface area (Å²) in [5, 5.41) is 12.9. The maximum atomic E-state index is 2.52. The lowest BCUT2D eigenvalue weighted by Crippen LogP contribution is -2.74. The number of rotatable bonds is 8. The fourth-order valence-corrected chi connectivity index (χ4v) is 16.5. The SMILES string of the molecule is c1ccc(-c2ccc(-n3c4cc(-n5c6ccccc6c6ccccc65)ccc4c4ccc(-n5c6ccccc6c6cc([Si](c7ccccc7)(c7ccccc7)c7ccccc7)ccc65)cc43)cc2)cc1. The molecule has 14 rings (SSSR count). The van der Waals surface area contributed by atoms with Crippen LogP contribution in [0, 0.1) is 0 Å². The van der Waals surface area contributed by atoms with Crippen molar-refractivity contribution in [3.63, 3.8) is 0 Å². The molecule has 328 valence electrons. The van der Waals surface area contributed by atoms with Crippen LogP contribution in [0.15, 0.2) is 273 Å². The topological polar surface area (TPSA) is 14.8 Å². The molecule has 4 heteroatoms. The fourth-order valence-electron chi connectivity index (χ4n) is 11.7. The summed E-state index contributed by atoms with van der Waals surface area (Å²) in [4.78, 5) is 0. The van der Waals surface area contributed by atoms with Crippen molar-refractivity contribution >= 4 is 94.2 Å². The summed E-state index contributed by atoms with van der Waals surface area (Å²) in [6.45, 7) is 0. The van der Waals surface area contributed by atoms with Crippen molar-refractivity contribution in [1.82, 2.24) is 13.7 Å². The van der Waals surface area contributed by atoms with Crippen LogP contribution in [0.5, 0.6) is 0 Å². The van der Waals surface area contributed by atoms with Crippen molar-refractivity contribution in [2.45, 2.75) is 0 Å². The maximum absolute atomic E-state index is 2.77. The van der Waals surface area contributed by atoms with Gasteiger partial charge < -0.3 is 13.7 Å². The summed E-state index contributed by atoms with van der Waals surface area (Å²) in [7, 11) is -2.77. The van der Waals surface area contributed by atoms with Gasteiger partial charge in [-0.05, 0) is 92.5 Å². The van der Waals surface area contributed by atoms with Crippen LogP contribution in [0.1, 0.15) is 0 Å². The van der Waals surface area contributed by atoms with Crippen molar-refractivity contribution < 1.29 is 0 Å². The minimum atomic E-state index is -2.77. The van der Waals surface area contributed by atoms with E-state index >= 15 is 0 Å². The van der Waals surface area contributed by atoms with Crippen molar-refractivity contribution in [1.29, 1.82) is 0 Å². The molecule has 0 unspecified atom stereocenters. The molecule has 0 aliphatic rings. The number of hydrogen-bond donors (Lipinski definition) is 0. The van der Waals surface area contributed by atoms with E-state index in [4.69, 9.17) is 0 Å². The van der Waals surface area contributed by atoms with Crippen molar-refractivity contribution in [2.75, 3.05) is 0 Å². The van der Waals surface area contributed by atoms with Gasteiger partial charge in [-0.15, -0.1) is 0 Å². The van der Waals surface area contributed by atoms with E-state index in [-0.39, 0.29) is 0 Å². The molecule has 0 atom stereocenters. The second-order valence-corrected chi connectivity index (χ2v) is 22.3. The average molecular weight is 908 g/mol. The second kappa shape index (κ2) is 16.1. The predicted octanol–water partition coefficient (Wildman–Crippen LogP) is 14.0. The summed E-state index contributed by atoms with van der Waals surface area (Å²) in [5.74, 6) is 0. The van der Waals surface area contributed by atoms with Gasteiger partial charge in [0.2, 0.25) is 0 Å². The zero-order valence-corrected chi connectivity index (χ0v) is 39.3. The van der Waals surface area contributed by atoms with E-state index in [0.29, 0.717) is 0 Å². The first-order valence-corrected chi connectivity index (χ1v) is 26.2. The highest BCUT2D eigenvalue weighted by Gasteiger charge is 2.41. The maximum Gasteiger partial charge on any atom is 0.179 e. The summed E-state index contributed by atoms with van der Waals surface area (Å²) >= 11 is 0. The summed E-state index contributed by atoms with van der Waals surface area (Å²) in [6, 6.07) is 101. The molecule has 3 heterocycles. The number of aromatic nitrogens is 3. The number of hydrogen-bond acceptors (Lipinski definition) is 0. The number of benzene rings is 11. The number of nitrogens with zero attached hydrogens (tertiary/aromatic N) is 3. The smallest absolute Gasteiger partial charge is 0.179 e. The Balaban J connectivity index is 1.01. The zero-order valence-electron chi connectivity index (χ0n) is 38.3. The molecule has 14 aromatic rings. The van der Waals surface area contributed by atoms with Gasteiger partial charge >= 0.3 is 0 Å². The molecule has 0 fully saturated rings. The lowest BCUT2D eigenvalue weighted by molar-refractivity contribution is 1.14. The fraction of sp³-hybridized carbons (Fsp3) is 0. The van der Waals surface area contributed by atoms with Crippen molar-refractivity contribution in [2.24, 2.45) is 0 Å². The van der Waals surface area contributed by atoms with Crippen LogP contribution in [-0.2, 0) is 0 Å². The lowest BCUT2D eigenvalue weighted by atomic mass is 10.1. The van der Waals surface area contributed by atoms with Crippen molar-refractivity contribution in [3.05, 3.63) is 273 Å². The summed E-state index contributed by atoms with van der Waals surface area (Å²) < 4.78 is 7.38. The molecule has 3 aromatic heterocycles. The molecule has 70 heavy (non-hydrogen) atoms. The highest BCUT2D eigenvalue weighted by molar-refractivity contribution is 7.20. The van der Waals surface area contributed by atoms with E-state index in [9.17, 15) is 0 Å². The van der Waals surface area contributed by atoms with Gasteiger partial charge in [-0.25, -0.2) is 0 Å². The highest BCUT2D eigenvalue weighted by atomic mass is 28.3. The molecule has 0 N–H and O–H groups in total. The van der Waals surface area contributed by atoms with Gasteiger partial charge in [-0.3, -0.25) is 0 Å². The van der Waals surface area contributed by atoms with Gasteiger partial charge in [0.05, 0.1) is 33.1 Å². The van der Waals surface area contributed by atoms with Crippen LogP contribution in [0.2, 0.25) is 0 Å². The Labute approximate surface area is 407 Å². The molecule has 0 aliphatic heterocycles. The first kappa shape index (κ1) is 40.1. The molecule has 0 amide bonds. The van der Waals surface area contributed by atoms with E-state index in [2.05, 4.69) is 287 Å². The van der Waals surface area contributed by atoms with Crippen LogP contribution >= 0.6 is 0 Å². The second-order valence-electron chi connectivity index (χ2n) is 18.5. The zero-order chi connectivity index (χ0) is 46.2. The van der Waals surface area contributed by atoms with Gasteiger partial charge in [-0.2, -0.15) is 0 Å². The minimum absolute atomic E-state index is 1.12. The molecule has 0 aliphatic carbocycles. The van der Waals surface area contributed by atoms with E-state index in [1.54, 1.807) is 0 Å². The van der Waals surface area contributed by atoms with Gasteiger partial charge in [0.15, 0.2) is 8.07 Å². The highest BCUT2D eigenvalue weighted by Crippen LogP contribution is 2.40. The van der Waals surface area contributed by atoms with Crippen LogP contribution in [-0.4, -0.2) is 21.8 Å². The van der Waals surface area contributed by atoms with E-state index in [1.165, 1.54) is 86.3 Å². The van der Waals surface area contributed by atoms with Gasteiger partial charge in [0.1, 0.15) is 0 Å². The number of fused-ring (bicyclic) bond motifs is 9. The van der Waals surface area contributed by atoms with Crippen LogP contribution in [0.4, 0.5) is 0 Å². The first-order chi connectivity index (χ1) is 34.7. The van der Waals surface area contributed by atoms with Gasteiger partial charge in [-0.1, -0.05) is 212 Å². The van der Waals surface area contributed by atoms with Crippen LogP contribution in [0.3, 0.4) is 0 Å². The molecule has 0 bridgehead atoms. The molecular weight excluding hydrogens is 863 g/mol. The molecule has 3 nitrogen and oxygen atoms in total. The molecule has 0 saturated heterocycles. The third kappa shape index (κ3) is 6.07. The van der Waals surface area contributed by atoms with Gasteiger partial charge in [0, 0.05) is 49.4 Å². The Morgan fingerprint density at radius 3 is 1.01 bits per heavy atom. The normalized spacial score (nSPS) is 12.0. The molecular formula is C66H45N3Si. The molecule has 0 radical (unpaired) electrons. The lowest BCUT2D eigenvalue weighted by Gasteiger charge is -2.34. The predicted molar refractivity (Wildman–Crippen MR) is 299 cm³/mol. The largest absolute Gasteiger partial charge is 0.309 e. The Morgan fingerprint density at radius 1 is 0.200 bits per heavy atom. The first-order valence-electron chi connectivity index (χ1n) is 24.2. The third-order valence-electron chi connectivity index (χ3n) is 14.8. The van der Waals surface area contributed by atoms with E-state index in [0.717, 1.165) is 28.1 Å². The quantitative estimate of drug-likeness (QED) is 0.107. The Morgan fingerprint density at radius 2 is 0.543 bits per heavy atom. The van der Waals surface area contributed by atoms with Gasteiger partial charge in [0.25, 0.3) is 0 Å².